The van der Waals surface area contributed by atoms with Crippen LogP contribution in [-0.4, -0.2) is 41.6 Å². The first-order valence-corrected chi connectivity index (χ1v) is 7.18. The zero-order valence-corrected chi connectivity index (χ0v) is 12.8. The van der Waals surface area contributed by atoms with Crippen molar-refractivity contribution >= 4 is 12.0 Å². The molecule has 0 spiro atoms. The molecule has 5 nitrogen and oxygen atoms in total. The topological polar surface area (TPSA) is 58.6 Å². The molecule has 21 heavy (non-hydrogen) atoms. The number of hydrogen-bond donors (Lipinski definition) is 1. The number of benzene rings is 1. The van der Waals surface area contributed by atoms with Gasteiger partial charge in [-0.1, -0.05) is 30.3 Å². The highest BCUT2D eigenvalue weighted by atomic mass is 16.6. The molecule has 114 valence electrons. The Morgan fingerprint density at radius 1 is 1.33 bits per heavy atom. The number of piperazine rings is 1. The molecular weight excluding hydrogens is 268 g/mol. The Bertz CT molecular complexity index is 508. The number of ether oxygens (including phenoxy) is 1. The third-order valence-electron chi connectivity index (χ3n) is 3.23. The second-order valence-electron chi connectivity index (χ2n) is 6.17. The lowest BCUT2D eigenvalue weighted by Crippen LogP contribution is -2.58. The molecule has 1 aliphatic rings. The molecule has 2 amide bonds. The maximum Gasteiger partial charge on any atom is 0.411 e. The van der Waals surface area contributed by atoms with E-state index in [9.17, 15) is 9.59 Å². The molecule has 5 heteroatoms. The number of rotatable bonds is 2. The first-order valence-electron chi connectivity index (χ1n) is 7.18. The van der Waals surface area contributed by atoms with Gasteiger partial charge in [-0.2, -0.15) is 0 Å². The number of amides is 2. The molecule has 1 fully saturated rings. The van der Waals surface area contributed by atoms with Crippen LogP contribution >= 0.6 is 0 Å². The summed E-state index contributed by atoms with van der Waals surface area (Å²) in [4.78, 5) is 25.9. The number of nitrogens with zero attached hydrogens (tertiary/aromatic N) is 1. The highest BCUT2D eigenvalue weighted by molar-refractivity contribution is 5.87. The van der Waals surface area contributed by atoms with Crippen molar-refractivity contribution in [3.8, 4) is 0 Å². The lowest BCUT2D eigenvalue weighted by Gasteiger charge is -2.36. The monoisotopic (exact) mass is 290 g/mol. The van der Waals surface area contributed by atoms with Crippen LogP contribution in [-0.2, 0) is 16.0 Å². The number of carbonyl (C=O) groups excluding carboxylic acids is 2. The van der Waals surface area contributed by atoms with Crippen molar-refractivity contribution in [3.63, 3.8) is 0 Å². The third-order valence-corrected chi connectivity index (χ3v) is 3.23. The average molecular weight is 290 g/mol. The van der Waals surface area contributed by atoms with Crippen LogP contribution < -0.4 is 5.32 Å². The fourth-order valence-corrected chi connectivity index (χ4v) is 2.29. The average Bonchev–Trinajstić information content (AvgIpc) is 2.40. The predicted octanol–water partition coefficient (Wildman–Crippen LogP) is 1.96. The third kappa shape index (κ3) is 4.21. The minimum Gasteiger partial charge on any atom is -0.444 e. The molecule has 1 saturated heterocycles. The Morgan fingerprint density at radius 3 is 2.62 bits per heavy atom. The Labute approximate surface area is 125 Å². The van der Waals surface area contributed by atoms with Crippen LogP contribution in [0.2, 0.25) is 0 Å². The van der Waals surface area contributed by atoms with Gasteiger partial charge in [0.15, 0.2) is 0 Å². The molecule has 1 N–H and O–H groups in total. The number of nitrogens with one attached hydrogen (secondary N) is 1. The highest BCUT2D eigenvalue weighted by Crippen LogP contribution is 2.16. The zero-order valence-electron chi connectivity index (χ0n) is 12.8. The molecule has 0 aliphatic carbocycles. The molecule has 1 aromatic carbocycles. The van der Waals surface area contributed by atoms with Crippen molar-refractivity contribution in [1.29, 1.82) is 0 Å². The van der Waals surface area contributed by atoms with Gasteiger partial charge in [0.05, 0.1) is 0 Å². The molecule has 1 atom stereocenters. The van der Waals surface area contributed by atoms with Gasteiger partial charge in [0.2, 0.25) is 5.91 Å². The van der Waals surface area contributed by atoms with Crippen molar-refractivity contribution in [3.05, 3.63) is 35.9 Å². The minimum absolute atomic E-state index is 0.129. The van der Waals surface area contributed by atoms with E-state index in [-0.39, 0.29) is 5.91 Å². The summed E-state index contributed by atoms with van der Waals surface area (Å²) < 4.78 is 5.40. The lowest BCUT2D eigenvalue weighted by molar-refractivity contribution is -0.128. The van der Waals surface area contributed by atoms with E-state index < -0.39 is 17.7 Å². The molecule has 2 rings (SSSR count). The molecule has 1 aromatic rings. The first kappa shape index (κ1) is 15.4. The van der Waals surface area contributed by atoms with Crippen LogP contribution in [0.1, 0.15) is 26.3 Å². The standard InChI is InChI=1S/C16H22N2O3/c1-16(2,3)21-15(20)18-10-9-17-14(19)13(18)11-12-7-5-4-6-8-12/h4-8,13H,9-11H2,1-3H3,(H,17,19). The van der Waals surface area contributed by atoms with E-state index in [2.05, 4.69) is 5.32 Å². The van der Waals surface area contributed by atoms with E-state index in [0.717, 1.165) is 5.56 Å². The molecule has 1 heterocycles. The van der Waals surface area contributed by atoms with Gasteiger partial charge in [-0.25, -0.2) is 4.79 Å². The van der Waals surface area contributed by atoms with Crippen molar-refractivity contribution < 1.29 is 14.3 Å². The van der Waals surface area contributed by atoms with E-state index >= 15 is 0 Å². The van der Waals surface area contributed by atoms with Crippen LogP contribution in [0.15, 0.2) is 30.3 Å². The van der Waals surface area contributed by atoms with E-state index in [1.165, 1.54) is 4.90 Å². The highest BCUT2D eigenvalue weighted by Gasteiger charge is 2.35. The largest absolute Gasteiger partial charge is 0.444 e. The molecule has 1 unspecified atom stereocenters. The molecule has 1 aliphatic heterocycles. The van der Waals surface area contributed by atoms with Crippen LogP contribution in [0, 0.1) is 0 Å². The number of hydrogen-bond acceptors (Lipinski definition) is 3. The van der Waals surface area contributed by atoms with Crippen molar-refractivity contribution in [2.24, 2.45) is 0 Å². The normalized spacial score (nSPS) is 19.1. The second-order valence-corrected chi connectivity index (χ2v) is 6.17. The molecule has 0 bridgehead atoms. The molecule has 0 radical (unpaired) electrons. The smallest absolute Gasteiger partial charge is 0.411 e. The molecular formula is C16H22N2O3. The summed E-state index contributed by atoms with van der Waals surface area (Å²) in [6.07, 6.45) is 0.0598. The fraction of sp³-hybridized carbons (Fsp3) is 0.500. The van der Waals surface area contributed by atoms with Crippen LogP contribution in [0.5, 0.6) is 0 Å². The predicted molar refractivity (Wildman–Crippen MR) is 79.9 cm³/mol. The summed E-state index contributed by atoms with van der Waals surface area (Å²) in [6.45, 7) is 6.39. The molecule has 0 aromatic heterocycles. The summed E-state index contributed by atoms with van der Waals surface area (Å²) in [5.74, 6) is -0.129. The summed E-state index contributed by atoms with van der Waals surface area (Å²) >= 11 is 0. The Hall–Kier alpha value is -2.04. The van der Waals surface area contributed by atoms with Gasteiger partial charge in [0, 0.05) is 19.5 Å². The van der Waals surface area contributed by atoms with Gasteiger partial charge in [-0.15, -0.1) is 0 Å². The van der Waals surface area contributed by atoms with Gasteiger partial charge in [0.1, 0.15) is 11.6 Å². The Morgan fingerprint density at radius 2 is 2.00 bits per heavy atom. The van der Waals surface area contributed by atoms with Crippen LogP contribution in [0.4, 0.5) is 4.79 Å². The quantitative estimate of drug-likeness (QED) is 0.906. The minimum atomic E-state index is -0.567. The summed E-state index contributed by atoms with van der Waals surface area (Å²) in [6, 6.07) is 9.17. The number of carbonyl (C=O) groups is 2. The van der Waals surface area contributed by atoms with Crippen LogP contribution in [0.25, 0.3) is 0 Å². The van der Waals surface area contributed by atoms with Gasteiger partial charge in [-0.3, -0.25) is 9.69 Å². The summed E-state index contributed by atoms with van der Waals surface area (Å²) in [5, 5.41) is 2.81. The van der Waals surface area contributed by atoms with Gasteiger partial charge >= 0.3 is 6.09 Å². The summed E-state index contributed by atoms with van der Waals surface area (Å²) in [7, 11) is 0. The van der Waals surface area contributed by atoms with Crippen molar-refractivity contribution in [2.75, 3.05) is 13.1 Å². The van der Waals surface area contributed by atoms with Gasteiger partial charge in [-0.05, 0) is 26.3 Å². The van der Waals surface area contributed by atoms with E-state index in [0.29, 0.717) is 19.5 Å². The van der Waals surface area contributed by atoms with E-state index in [4.69, 9.17) is 4.74 Å². The maximum absolute atomic E-state index is 12.3. The SMILES string of the molecule is CC(C)(C)OC(=O)N1CCNC(=O)C1Cc1ccccc1. The first-order chi connectivity index (χ1) is 9.87. The van der Waals surface area contributed by atoms with Crippen molar-refractivity contribution in [1.82, 2.24) is 10.2 Å². The summed E-state index contributed by atoms with van der Waals surface area (Å²) in [5.41, 5.74) is 0.454. The van der Waals surface area contributed by atoms with Gasteiger partial charge in [0.25, 0.3) is 0 Å². The fourth-order valence-electron chi connectivity index (χ4n) is 2.29. The second kappa shape index (κ2) is 6.16. The zero-order chi connectivity index (χ0) is 15.5. The Balaban J connectivity index is 2.13. The molecule has 0 saturated carbocycles. The van der Waals surface area contributed by atoms with E-state index in [1.807, 2.05) is 51.1 Å². The van der Waals surface area contributed by atoms with Crippen LogP contribution in [0.3, 0.4) is 0 Å². The maximum atomic E-state index is 12.3. The van der Waals surface area contributed by atoms with Gasteiger partial charge < -0.3 is 10.1 Å². The lowest BCUT2D eigenvalue weighted by atomic mass is 10.0. The van der Waals surface area contributed by atoms with Crippen molar-refractivity contribution in [2.45, 2.75) is 38.8 Å². The Kier molecular flexibility index (Phi) is 4.50. The van der Waals surface area contributed by atoms with E-state index in [1.54, 1.807) is 0 Å².